The van der Waals surface area contributed by atoms with Gasteiger partial charge in [0, 0.05) is 24.1 Å². The van der Waals surface area contributed by atoms with E-state index in [4.69, 9.17) is 5.73 Å². The summed E-state index contributed by atoms with van der Waals surface area (Å²) in [5.74, 6) is 0. The van der Waals surface area contributed by atoms with Crippen molar-refractivity contribution in [2.75, 3.05) is 6.54 Å². The van der Waals surface area contributed by atoms with Gasteiger partial charge in [0.1, 0.15) is 0 Å². The number of rotatable bonds is 2. The van der Waals surface area contributed by atoms with E-state index >= 15 is 0 Å². The summed E-state index contributed by atoms with van der Waals surface area (Å²) in [7, 11) is 2.07. The van der Waals surface area contributed by atoms with Crippen LogP contribution in [0.5, 0.6) is 0 Å². The molecule has 0 aliphatic heterocycles. The molecule has 0 amide bonds. The molecule has 0 aliphatic carbocycles. The van der Waals surface area contributed by atoms with Crippen molar-refractivity contribution in [3.63, 3.8) is 0 Å². The number of nitrogens with zero attached hydrogens (tertiary/aromatic N) is 1. The molecule has 1 aromatic carbocycles. The minimum absolute atomic E-state index is 0. The molecular formula is C11H26CaN2O5. The Labute approximate surface area is 141 Å². The van der Waals surface area contributed by atoms with Crippen LogP contribution in [-0.4, -0.2) is 76.2 Å². The van der Waals surface area contributed by atoms with E-state index in [9.17, 15) is 0 Å². The summed E-state index contributed by atoms with van der Waals surface area (Å²) in [4.78, 5) is 0. The molecule has 0 atom stereocenters. The van der Waals surface area contributed by atoms with Crippen LogP contribution in [0.3, 0.4) is 0 Å². The fourth-order valence-corrected chi connectivity index (χ4v) is 1.78. The predicted octanol–water partition coefficient (Wildman–Crippen LogP) is -3.36. The number of hydrogen-bond donors (Lipinski definition) is 1. The Hall–Kier alpha value is -0.220. The second-order valence-electron chi connectivity index (χ2n) is 3.32. The van der Waals surface area contributed by atoms with E-state index in [0.717, 1.165) is 6.42 Å². The Morgan fingerprint density at radius 2 is 1.53 bits per heavy atom. The van der Waals surface area contributed by atoms with Crippen molar-refractivity contribution in [3.8, 4) is 0 Å². The van der Waals surface area contributed by atoms with Crippen LogP contribution in [0.25, 0.3) is 10.9 Å². The molecule has 1 aromatic heterocycles. The first-order chi connectivity index (χ1) is 6.33. The van der Waals surface area contributed by atoms with E-state index in [1.165, 1.54) is 16.5 Å². The van der Waals surface area contributed by atoms with E-state index in [1.807, 2.05) is 0 Å². The SMILES string of the molecule is Cn1cc(CCN)c2ccccc21.O.O.O.O.O.[CaH2]. The third kappa shape index (κ3) is 6.66. The Morgan fingerprint density at radius 1 is 1.00 bits per heavy atom. The van der Waals surface area contributed by atoms with E-state index < -0.39 is 0 Å². The average Bonchev–Trinajstić information content (AvgIpc) is 2.46. The first-order valence-electron chi connectivity index (χ1n) is 4.56. The maximum absolute atomic E-state index is 5.55. The average molecular weight is 306 g/mol. The number of benzene rings is 1. The number of hydrogen-bond acceptors (Lipinski definition) is 1. The van der Waals surface area contributed by atoms with E-state index in [-0.39, 0.29) is 65.1 Å². The van der Waals surface area contributed by atoms with Crippen molar-refractivity contribution >= 4 is 48.6 Å². The fraction of sp³-hybridized carbons (Fsp3) is 0.273. The zero-order valence-electron chi connectivity index (χ0n) is 10.3. The van der Waals surface area contributed by atoms with Gasteiger partial charge in [-0.05, 0) is 24.6 Å². The van der Waals surface area contributed by atoms with Crippen LogP contribution in [0.15, 0.2) is 30.5 Å². The Kier molecular flexibility index (Phi) is 23.4. The molecule has 12 N–H and O–H groups in total. The molecule has 8 heteroatoms. The van der Waals surface area contributed by atoms with E-state index in [0.29, 0.717) is 6.54 Å². The molecule has 0 saturated heterocycles. The topological polar surface area (TPSA) is 188 Å². The third-order valence-corrected chi connectivity index (χ3v) is 2.39. The summed E-state index contributed by atoms with van der Waals surface area (Å²) in [6.45, 7) is 0.716. The molecule has 0 spiro atoms. The fourth-order valence-electron chi connectivity index (χ4n) is 1.78. The molecule has 7 nitrogen and oxygen atoms in total. The normalized spacial score (nSPS) is 7.47. The van der Waals surface area contributed by atoms with Crippen LogP contribution in [0.4, 0.5) is 0 Å². The van der Waals surface area contributed by atoms with Gasteiger partial charge in [-0.3, -0.25) is 0 Å². The van der Waals surface area contributed by atoms with Crippen molar-refractivity contribution in [2.45, 2.75) is 6.42 Å². The Balaban J connectivity index is -0.000000109. The van der Waals surface area contributed by atoms with Crippen molar-refractivity contribution in [1.82, 2.24) is 4.57 Å². The van der Waals surface area contributed by atoms with E-state index in [1.54, 1.807) is 0 Å². The molecule has 2 aromatic rings. The summed E-state index contributed by atoms with van der Waals surface area (Å²) < 4.78 is 2.15. The molecule has 0 radical (unpaired) electrons. The molecule has 0 aliphatic rings. The molecule has 1 heterocycles. The Bertz CT molecular complexity index is 436. The van der Waals surface area contributed by atoms with Gasteiger partial charge in [0.05, 0.1) is 0 Å². The van der Waals surface area contributed by atoms with Crippen molar-refractivity contribution < 1.29 is 27.4 Å². The van der Waals surface area contributed by atoms with Gasteiger partial charge in [0.2, 0.25) is 0 Å². The van der Waals surface area contributed by atoms with Crippen molar-refractivity contribution in [1.29, 1.82) is 0 Å². The molecule has 0 unspecified atom stereocenters. The summed E-state index contributed by atoms with van der Waals surface area (Å²) in [6.07, 6.45) is 3.12. The van der Waals surface area contributed by atoms with Gasteiger partial charge >= 0.3 is 37.7 Å². The molecule has 0 saturated carbocycles. The van der Waals surface area contributed by atoms with Gasteiger partial charge in [-0.1, -0.05) is 18.2 Å². The number of aromatic nitrogens is 1. The molecule has 2 rings (SSSR count). The summed E-state index contributed by atoms with van der Waals surface area (Å²) in [5, 5.41) is 1.33. The summed E-state index contributed by atoms with van der Waals surface area (Å²) in [5.41, 5.74) is 8.18. The van der Waals surface area contributed by atoms with Gasteiger partial charge in [0.25, 0.3) is 0 Å². The van der Waals surface area contributed by atoms with Crippen LogP contribution in [0.1, 0.15) is 5.56 Å². The number of para-hydroxylation sites is 1. The van der Waals surface area contributed by atoms with Gasteiger partial charge in [0.15, 0.2) is 0 Å². The molecule has 19 heavy (non-hydrogen) atoms. The van der Waals surface area contributed by atoms with Gasteiger partial charge in [-0.15, -0.1) is 0 Å². The van der Waals surface area contributed by atoms with Gasteiger partial charge in [-0.2, -0.15) is 0 Å². The molecular weight excluding hydrogens is 280 g/mol. The van der Waals surface area contributed by atoms with Crippen molar-refractivity contribution in [3.05, 3.63) is 36.0 Å². The molecule has 0 fully saturated rings. The Morgan fingerprint density at radius 3 is 2.05 bits per heavy atom. The molecule has 112 valence electrons. The summed E-state index contributed by atoms with van der Waals surface area (Å²) >= 11 is 0. The summed E-state index contributed by atoms with van der Waals surface area (Å²) in [6, 6.07) is 8.42. The zero-order chi connectivity index (χ0) is 9.26. The number of nitrogens with two attached hydrogens (primary N) is 1. The quantitative estimate of drug-likeness (QED) is 0.557. The molecule has 0 bridgehead atoms. The number of aryl methyl sites for hydroxylation is 1. The minimum atomic E-state index is 0. The van der Waals surface area contributed by atoms with Crippen LogP contribution < -0.4 is 5.73 Å². The number of fused-ring (bicyclic) bond motifs is 1. The first kappa shape index (κ1) is 31.3. The van der Waals surface area contributed by atoms with Crippen molar-refractivity contribution in [2.24, 2.45) is 12.8 Å². The first-order valence-corrected chi connectivity index (χ1v) is 4.56. The second-order valence-corrected chi connectivity index (χ2v) is 3.32. The predicted molar refractivity (Wildman–Crippen MR) is 82.3 cm³/mol. The second kappa shape index (κ2) is 14.2. The van der Waals surface area contributed by atoms with E-state index in [2.05, 4.69) is 42.1 Å². The van der Waals surface area contributed by atoms with Crippen LogP contribution in [0.2, 0.25) is 0 Å². The third-order valence-electron chi connectivity index (χ3n) is 2.39. The zero-order valence-corrected chi connectivity index (χ0v) is 10.3. The van der Waals surface area contributed by atoms with Gasteiger partial charge < -0.3 is 37.7 Å². The van der Waals surface area contributed by atoms with Crippen LogP contribution in [0, 0.1) is 0 Å². The maximum atomic E-state index is 5.55. The monoisotopic (exact) mass is 306 g/mol. The van der Waals surface area contributed by atoms with Crippen LogP contribution >= 0.6 is 0 Å². The standard InChI is InChI=1S/C11H14N2.Ca.5H2O.2H/c1-13-8-9(6-7-12)10-4-2-3-5-11(10)13;;;;;;;;/h2-5,8H,6-7,12H2,1H3;;5*1H2;;. The van der Waals surface area contributed by atoms with Gasteiger partial charge in [-0.25, -0.2) is 0 Å². The van der Waals surface area contributed by atoms with Crippen LogP contribution in [-0.2, 0) is 13.5 Å².